The van der Waals surface area contributed by atoms with E-state index in [1.807, 2.05) is 13.1 Å². The number of aromatic nitrogens is 2. The van der Waals surface area contributed by atoms with E-state index in [0.29, 0.717) is 0 Å². The van der Waals surface area contributed by atoms with Crippen LogP contribution < -0.4 is 10.2 Å². The fourth-order valence-corrected chi connectivity index (χ4v) is 2.79. The molecular weight excluding hydrogens is 304 g/mol. The molecule has 2 aromatic rings. The molecule has 1 aliphatic heterocycles. The molecule has 1 N–H and O–H groups in total. The van der Waals surface area contributed by atoms with Gasteiger partial charge in [0.05, 0.1) is 0 Å². The van der Waals surface area contributed by atoms with Gasteiger partial charge >= 0.3 is 0 Å². The molecule has 3 rings (SSSR count). The Morgan fingerprint density at radius 3 is 2.95 bits per heavy atom. The molecule has 0 radical (unpaired) electrons. The average molecular weight is 319 g/mol. The summed E-state index contributed by atoms with van der Waals surface area (Å²) in [7, 11) is 1.87. The zero-order chi connectivity index (χ0) is 13.2. The number of hydrogen-bond acceptors (Lipinski definition) is 4. The van der Waals surface area contributed by atoms with Gasteiger partial charge in [0.15, 0.2) is 0 Å². The molecule has 4 nitrogen and oxygen atoms in total. The zero-order valence-electron chi connectivity index (χ0n) is 10.7. The lowest BCUT2D eigenvalue weighted by atomic mass is 10.00. The molecule has 0 spiro atoms. The Bertz CT molecular complexity index is 600. The van der Waals surface area contributed by atoms with Gasteiger partial charge in [-0.2, -0.15) is 0 Å². The molecule has 1 aromatic carbocycles. The Hall–Kier alpha value is -1.62. The lowest BCUT2D eigenvalue weighted by molar-refractivity contribution is 0.719. The van der Waals surface area contributed by atoms with Gasteiger partial charge in [0, 0.05) is 30.7 Å². The molecule has 1 aromatic heterocycles. The van der Waals surface area contributed by atoms with Gasteiger partial charge in [-0.05, 0) is 29.7 Å². The fourth-order valence-electron chi connectivity index (χ4n) is 2.38. The number of nitrogens with zero attached hydrogens (tertiary/aromatic N) is 3. The number of rotatable bonds is 2. The van der Waals surface area contributed by atoms with E-state index in [2.05, 4.69) is 54.3 Å². The van der Waals surface area contributed by atoms with Gasteiger partial charge in [-0.3, -0.25) is 0 Å². The molecular formula is C14H15BrN4. The summed E-state index contributed by atoms with van der Waals surface area (Å²) in [6, 6.07) is 8.50. The first-order valence-electron chi connectivity index (χ1n) is 6.28. The third-order valence-electron chi connectivity index (χ3n) is 3.41. The van der Waals surface area contributed by atoms with E-state index >= 15 is 0 Å². The molecule has 98 valence electrons. The number of halogens is 1. The summed E-state index contributed by atoms with van der Waals surface area (Å²) < 4.78 is 1.13. The molecule has 2 heterocycles. The number of hydrogen-bond donors (Lipinski definition) is 1. The summed E-state index contributed by atoms with van der Waals surface area (Å²) in [5, 5.41) is 3.05. The molecule has 0 saturated heterocycles. The van der Waals surface area contributed by atoms with Crippen LogP contribution in [-0.4, -0.2) is 23.6 Å². The van der Waals surface area contributed by atoms with E-state index < -0.39 is 0 Å². The predicted octanol–water partition coefficient (Wildman–Crippen LogP) is 2.84. The van der Waals surface area contributed by atoms with Crippen molar-refractivity contribution in [3.63, 3.8) is 0 Å². The van der Waals surface area contributed by atoms with Gasteiger partial charge in [-0.1, -0.05) is 22.0 Å². The van der Waals surface area contributed by atoms with Crippen molar-refractivity contribution in [1.82, 2.24) is 9.97 Å². The topological polar surface area (TPSA) is 41.0 Å². The second-order valence-corrected chi connectivity index (χ2v) is 5.51. The lowest BCUT2D eigenvalue weighted by Gasteiger charge is -2.30. The molecule has 0 fully saturated rings. The molecule has 0 unspecified atom stereocenters. The molecule has 0 bridgehead atoms. The molecule has 0 saturated carbocycles. The van der Waals surface area contributed by atoms with Crippen molar-refractivity contribution in [3.8, 4) is 0 Å². The van der Waals surface area contributed by atoms with Crippen molar-refractivity contribution in [2.24, 2.45) is 0 Å². The van der Waals surface area contributed by atoms with Crippen molar-refractivity contribution in [2.75, 3.05) is 23.8 Å². The van der Waals surface area contributed by atoms with Crippen LogP contribution in [0, 0.1) is 0 Å². The number of anilines is 2. The second-order valence-electron chi connectivity index (χ2n) is 4.60. The van der Waals surface area contributed by atoms with E-state index in [0.717, 1.165) is 35.6 Å². The van der Waals surface area contributed by atoms with Crippen LogP contribution in [0.2, 0.25) is 0 Å². The highest BCUT2D eigenvalue weighted by molar-refractivity contribution is 9.10. The summed E-state index contributed by atoms with van der Waals surface area (Å²) in [6.07, 6.45) is 2.67. The van der Waals surface area contributed by atoms with Crippen LogP contribution in [-0.2, 0) is 13.0 Å². The number of benzene rings is 1. The Kier molecular flexibility index (Phi) is 3.38. The van der Waals surface area contributed by atoms with Gasteiger partial charge in [0.2, 0.25) is 0 Å². The van der Waals surface area contributed by atoms with Crippen LogP contribution >= 0.6 is 15.9 Å². The highest BCUT2D eigenvalue weighted by Crippen LogP contribution is 2.26. The lowest BCUT2D eigenvalue weighted by Crippen LogP contribution is -2.31. The Morgan fingerprint density at radius 2 is 2.11 bits per heavy atom. The van der Waals surface area contributed by atoms with E-state index in [1.165, 1.54) is 11.1 Å². The van der Waals surface area contributed by atoms with Gasteiger partial charge in [0.25, 0.3) is 0 Å². The standard InChI is InChI=1S/C14H15BrN4/c1-16-13-7-14(18-9-17-13)19-5-4-10-2-3-12(15)6-11(10)8-19/h2-3,6-7,9H,4-5,8H2,1H3,(H,16,17,18). The maximum atomic E-state index is 4.37. The largest absolute Gasteiger partial charge is 0.373 e. The van der Waals surface area contributed by atoms with Gasteiger partial charge < -0.3 is 10.2 Å². The van der Waals surface area contributed by atoms with Crippen molar-refractivity contribution in [1.29, 1.82) is 0 Å². The Morgan fingerprint density at radius 1 is 1.21 bits per heavy atom. The maximum Gasteiger partial charge on any atom is 0.134 e. The Labute approximate surface area is 121 Å². The van der Waals surface area contributed by atoms with Crippen molar-refractivity contribution >= 4 is 27.6 Å². The first kappa shape index (κ1) is 12.4. The highest BCUT2D eigenvalue weighted by Gasteiger charge is 2.17. The van der Waals surface area contributed by atoms with Gasteiger partial charge in [-0.25, -0.2) is 9.97 Å². The molecule has 19 heavy (non-hydrogen) atoms. The summed E-state index contributed by atoms with van der Waals surface area (Å²) in [5.41, 5.74) is 2.80. The summed E-state index contributed by atoms with van der Waals surface area (Å²) in [6.45, 7) is 1.89. The molecule has 5 heteroatoms. The predicted molar refractivity (Wildman–Crippen MR) is 80.5 cm³/mol. The van der Waals surface area contributed by atoms with Crippen molar-refractivity contribution in [3.05, 3.63) is 46.2 Å². The maximum absolute atomic E-state index is 4.37. The van der Waals surface area contributed by atoms with E-state index in [-0.39, 0.29) is 0 Å². The molecule has 1 aliphatic rings. The minimum atomic E-state index is 0.852. The van der Waals surface area contributed by atoms with Crippen LogP contribution in [0.1, 0.15) is 11.1 Å². The molecule has 0 aliphatic carbocycles. The minimum Gasteiger partial charge on any atom is -0.373 e. The van der Waals surface area contributed by atoms with E-state index in [4.69, 9.17) is 0 Å². The third-order valence-corrected chi connectivity index (χ3v) is 3.91. The van der Waals surface area contributed by atoms with Crippen LogP contribution in [0.4, 0.5) is 11.6 Å². The van der Waals surface area contributed by atoms with Crippen LogP contribution in [0.25, 0.3) is 0 Å². The first-order valence-corrected chi connectivity index (χ1v) is 7.07. The molecule has 0 atom stereocenters. The van der Waals surface area contributed by atoms with Crippen LogP contribution in [0.15, 0.2) is 35.1 Å². The monoisotopic (exact) mass is 318 g/mol. The summed E-state index contributed by atoms with van der Waals surface area (Å²) in [5.74, 6) is 1.83. The van der Waals surface area contributed by atoms with Gasteiger partial charge in [-0.15, -0.1) is 0 Å². The Balaban J connectivity index is 1.88. The quantitative estimate of drug-likeness (QED) is 0.924. The third kappa shape index (κ3) is 2.56. The second kappa shape index (κ2) is 5.17. The number of fused-ring (bicyclic) bond motifs is 1. The molecule has 0 amide bonds. The normalized spacial score (nSPS) is 14.1. The number of nitrogens with one attached hydrogen (secondary N) is 1. The van der Waals surface area contributed by atoms with Crippen LogP contribution in [0.5, 0.6) is 0 Å². The first-order chi connectivity index (χ1) is 9.26. The zero-order valence-corrected chi connectivity index (χ0v) is 12.3. The minimum absolute atomic E-state index is 0.852. The smallest absolute Gasteiger partial charge is 0.134 e. The van der Waals surface area contributed by atoms with Crippen molar-refractivity contribution < 1.29 is 0 Å². The van der Waals surface area contributed by atoms with E-state index in [9.17, 15) is 0 Å². The summed E-state index contributed by atoms with van der Waals surface area (Å²) >= 11 is 3.54. The van der Waals surface area contributed by atoms with Crippen molar-refractivity contribution in [2.45, 2.75) is 13.0 Å². The van der Waals surface area contributed by atoms with E-state index in [1.54, 1.807) is 6.33 Å². The summed E-state index contributed by atoms with van der Waals surface area (Å²) in [4.78, 5) is 10.8. The van der Waals surface area contributed by atoms with Crippen LogP contribution in [0.3, 0.4) is 0 Å². The SMILES string of the molecule is CNc1cc(N2CCc3ccc(Br)cc3C2)ncn1. The highest BCUT2D eigenvalue weighted by atomic mass is 79.9. The average Bonchev–Trinajstić information content (AvgIpc) is 2.46. The fraction of sp³-hybridized carbons (Fsp3) is 0.286. The van der Waals surface area contributed by atoms with Gasteiger partial charge in [0.1, 0.15) is 18.0 Å².